The minimum absolute atomic E-state index is 0.0280. The molecular weight excluding hydrogens is 262 g/mol. The van der Waals surface area contributed by atoms with Crippen LogP contribution in [-0.2, 0) is 0 Å². The zero-order chi connectivity index (χ0) is 15.0. The van der Waals surface area contributed by atoms with Crippen molar-refractivity contribution >= 4 is 11.9 Å². The van der Waals surface area contributed by atoms with Gasteiger partial charge in [0.15, 0.2) is 0 Å². The lowest BCUT2D eigenvalue weighted by atomic mass is 9.89. The van der Waals surface area contributed by atoms with Crippen LogP contribution < -0.4 is 10.5 Å². The number of aryl methyl sites for hydroxylation is 1. The molecule has 1 aromatic rings. The third-order valence-corrected chi connectivity index (χ3v) is 3.56. The maximum atomic E-state index is 11.3. The number of hydrogen-bond acceptors (Lipinski definition) is 4. The van der Waals surface area contributed by atoms with Gasteiger partial charge in [-0.1, -0.05) is 0 Å². The van der Waals surface area contributed by atoms with Crippen molar-refractivity contribution in [3.8, 4) is 5.75 Å². The first-order valence-electron chi connectivity index (χ1n) is 6.34. The Balaban J connectivity index is 2.45. The molecule has 4 N–H and O–H groups in total. The molecule has 0 heterocycles. The lowest BCUT2D eigenvalue weighted by Crippen LogP contribution is -2.43. The SMILES string of the molecule is Cc1cc(C(=O)O)c(C(=O)O)c(C)c1OC1CC(N)C1. The van der Waals surface area contributed by atoms with Gasteiger partial charge in [-0.25, -0.2) is 9.59 Å². The number of rotatable bonds is 4. The summed E-state index contributed by atoms with van der Waals surface area (Å²) in [7, 11) is 0. The van der Waals surface area contributed by atoms with Crippen molar-refractivity contribution in [2.45, 2.75) is 38.8 Å². The largest absolute Gasteiger partial charge is 0.490 e. The van der Waals surface area contributed by atoms with Crippen LogP contribution in [0.4, 0.5) is 0 Å². The van der Waals surface area contributed by atoms with E-state index in [9.17, 15) is 14.7 Å². The van der Waals surface area contributed by atoms with Crippen molar-refractivity contribution in [2.24, 2.45) is 5.73 Å². The van der Waals surface area contributed by atoms with Gasteiger partial charge >= 0.3 is 11.9 Å². The second kappa shape index (κ2) is 5.13. The summed E-state index contributed by atoms with van der Waals surface area (Å²) < 4.78 is 5.77. The topological polar surface area (TPSA) is 110 Å². The third kappa shape index (κ3) is 2.46. The number of aromatic carboxylic acids is 2. The summed E-state index contributed by atoms with van der Waals surface area (Å²) in [6, 6.07) is 1.46. The molecule has 0 spiro atoms. The maximum absolute atomic E-state index is 11.3. The Kier molecular flexibility index (Phi) is 3.67. The molecular formula is C14H17NO5. The molecule has 0 aromatic heterocycles. The van der Waals surface area contributed by atoms with Crippen molar-refractivity contribution in [3.05, 3.63) is 28.3 Å². The molecule has 0 amide bonds. The highest BCUT2D eigenvalue weighted by molar-refractivity contribution is 6.03. The van der Waals surface area contributed by atoms with Gasteiger partial charge in [-0.05, 0) is 38.3 Å². The first-order valence-corrected chi connectivity index (χ1v) is 6.34. The Labute approximate surface area is 116 Å². The van der Waals surface area contributed by atoms with Gasteiger partial charge in [-0.15, -0.1) is 0 Å². The molecule has 0 radical (unpaired) electrons. The molecule has 1 aromatic carbocycles. The second-order valence-corrected chi connectivity index (χ2v) is 5.15. The zero-order valence-corrected chi connectivity index (χ0v) is 11.3. The van der Waals surface area contributed by atoms with Crippen LogP contribution in [0, 0.1) is 13.8 Å². The number of carboxylic acids is 2. The molecule has 1 aliphatic carbocycles. The van der Waals surface area contributed by atoms with E-state index < -0.39 is 11.9 Å². The van der Waals surface area contributed by atoms with Crippen LogP contribution in [0.3, 0.4) is 0 Å². The molecule has 20 heavy (non-hydrogen) atoms. The van der Waals surface area contributed by atoms with Crippen molar-refractivity contribution in [3.63, 3.8) is 0 Å². The normalized spacial score (nSPS) is 21.1. The molecule has 2 rings (SSSR count). The monoisotopic (exact) mass is 279 g/mol. The van der Waals surface area contributed by atoms with Gasteiger partial charge in [0.05, 0.1) is 11.1 Å². The quantitative estimate of drug-likeness (QED) is 0.771. The van der Waals surface area contributed by atoms with Gasteiger partial charge in [-0.3, -0.25) is 0 Å². The fraction of sp³-hybridized carbons (Fsp3) is 0.429. The summed E-state index contributed by atoms with van der Waals surface area (Å²) in [5.74, 6) is -2.08. The molecule has 1 aliphatic rings. The van der Waals surface area contributed by atoms with Gasteiger partial charge in [-0.2, -0.15) is 0 Å². The van der Waals surface area contributed by atoms with E-state index in [1.807, 2.05) is 0 Å². The van der Waals surface area contributed by atoms with Crippen molar-refractivity contribution in [1.82, 2.24) is 0 Å². The van der Waals surface area contributed by atoms with E-state index >= 15 is 0 Å². The van der Waals surface area contributed by atoms with E-state index in [2.05, 4.69) is 0 Å². The Morgan fingerprint density at radius 3 is 2.30 bits per heavy atom. The van der Waals surface area contributed by atoms with Crippen LogP contribution in [0.2, 0.25) is 0 Å². The fourth-order valence-corrected chi connectivity index (χ4v) is 2.46. The number of benzene rings is 1. The predicted molar refractivity (Wildman–Crippen MR) is 71.5 cm³/mol. The van der Waals surface area contributed by atoms with Crippen LogP contribution in [-0.4, -0.2) is 34.3 Å². The molecule has 0 unspecified atom stereocenters. The number of nitrogens with two attached hydrogens (primary N) is 1. The van der Waals surface area contributed by atoms with E-state index in [1.54, 1.807) is 13.8 Å². The minimum Gasteiger partial charge on any atom is -0.490 e. The molecule has 108 valence electrons. The summed E-state index contributed by atoms with van der Waals surface area (Å²) >= 11 is 0. The molecule has 1 saturated carbocycles. The molecule has 0 bridgehead atoms. The van der Waals surface area contributed by atoms with Crippen molar-refractivity contribution in [2.75, 3.05) is 0 Å². The second-order valence-electron chi connectivity index (χ2n) is 5.15. The maximum Gasteiger partial charge on any atom is 0.336 e. The summed E-state index contributed by atoms with van der Waals surface area (Å²) in [4.78, 5) is 22.4. The van der Waals surface area contributed by atoms with Gasteiger partial charge in [0, 0.05) is 11.6 Å². The summed E-state index contributed by atoms with van der Waals surface area (Å²) in [6.07, 6.45) is 1.42. The van der Waals surface area contributed by atoms with Crippen LogP contribution in [0.1, 0.15) is 44.7 Å². The number of ether oxygens (including phenoxy) is 1. The first kappa shape index (κ1) is 14.3. The number of carbonyl (C=O) groups is 2. The Morgan fingerprint density at radius 2 is 1.85 bits per heavy atom. The van der Waals surface area contributed by atoms with Gasteiger partial charge in [0.2, 0.25) is 0 Å². The molecule has 6 heteroatoms. The number of carboxylic acid groups (broad SMARTS) is 2. The van der Waals surface area contributed by atoms with Crippen LogP contribution >= 0.6 is 0 Å². The van der Waals surface area contributed by atoms with Crippen molar-refractivity contribution in [1.29, 1.82) is 0 Å². The molecule has 0 atom stereocenters. The Bertz CT molecular complexity index is 575. The standard InChI is InChI=1S/C14H17NO5/c1-6-3-10(13(16)17)11(14(18)19)7(2)12(6)20-9-4-8(15)5-9/h3,8-9H,4-5,15H2,1-2H3,(H,16,17)(H,18,19). The van der Waals surface area contributed by atoms with Crippen LogP contribution in [0.25, 0.3) is 0 Å². The fourth-order valence-electron chi connectivity index (χ4n) is 2.46. The van der Waals surface area contributed by atoms with Gasteiger partial charge in [0.1, 0.15) is 11.9 Å². The van der Waals surface area contributed by atoms with E-state index in [0.717, 1.165) is 12.8 Å². The zero-order valence-electron chi connectivity index (χ0n) is 11.3. The summed E-state index contributed by atoms with van der Waals surface area (Å²) in [5, 5.41) is 18.3. The lowest BCUT2D eigenvalue weighted by molar-refractivity contribution is 0.0647. The smallest absolute Gasteiger partial charge is 0.336 e. The number of hydrogen-bond donors (Lipinski definition) is 3. The predicted octanol–water partition coefficient (Wildman–Crippen LogP) is 1.57. The van der Waals surface area contributed by atoms with E-state index in [0.29, 0.717) is 16.9 Å². The molecule has 0 saturated heterocycles. The van der Waals surface area contributed by atoms with Gasteiger partial charge in [0.25, 0.3) is 0 Å². The summed E-state index contributed by atoms with van der Waals surface area (Å²) in [5.41, 5.74) is 6.21. The average molecular weight is 279 g/mol. The van der Waals surface area contributed by atoms with Gasteiger partial charge < -0.3 is 20.7 Å². The molecule has 6 nitrogen and oxygen atoms in total. The molecule has 0 aliphatic heterocycles. The third-order valence-electron chi connectivity index (χ3n) is 3.56. The van der Waals surface area contributed by atoms with Crippen LogP contribution in [0.5, 0.6) is 5.75 Å². The Morgan fingerprint density at radius 1 is 1.25 bits per heavy atom. The average Bonchev–Trinajstić information content (AvgIpc) is 2.30. The Hall–Kier alpha value is -2.08. The highest BCUT2D eigenvalue weighted by atomic mass is 16.5. The highest BCUT2D eigenvalue weighted by Crippen LogP contribution is 2.33. The molecule has 1 fully saturated rings. The van der Waals surface area contributed by atoms with E-state index in [1.165, 1.54) is 6.07 Å². The lowest BCUT2D eigenvalue weighted by Gasteiger charge is -2.33. The minimum atomic E-state index is -1.27. The van der Waals surface area contributed by atoms with Crippen molar-refractivity contribution < 1.29 is 24.5 Å². The summed E-state index contributed by atoms with van der Waals surface area (Å²) in [6.45, 7) is 3.27. The van der Waals surface area contributed by atoms with E-state index in [4.69, 9.17) is 15.6 Å². The van der Waals surface area contributed by atoms with E-state index in [-0.39, 0.29) is 23.3 Å². The van der Waals surface area contributed by atoms with Crippen LogP contribution in [0.15, 0.2) is 6.07 Å². The first-order chi connectivity index (χ1) is 9.31. The highest BCUT2D eigenvalue weighted by Gasteiger charge is 2.30.